The number of β-amino-alcohol motifs (C(OH)–C–C–N with tert-alkyl or cyclic N) is 1. The lowest BCUT2D eigenvalue weighted by molar-refractivity contribution is -0.141. The van der Waals surface area contributed by atoms with Gasteiger partial charge >= 0.3 is 12.0 Å². The zero-order valence-corrected chi connectivity index (χ0v) is 17.5. The Kier molecular flexibility index (Phi) is 7.29. The fourth-order valence-electron chi connectivity index (χ4n) is 3.31. The lowest BCUT2D eigenvalue weighted by Gasteiger charge is -2.35. The molecule has 0 aromatic heterocycles. The number of ether oxygens (including phenoxy) is 2. The van der Waals surface area contributed by atoms with Crippen molar-refractivity contribution in [2.45, 2.75) is 31.7 Å². The van der Waals surface area contributed by atoms with Gasteiger partial charge in [-0.15, -0.1) is 0 Å². The molecule has 0 aliphatic carbocycles. The highest BCUT2D eigenvalue weighted by Crippen LogP contribution is 2.21. The average Bonchev–Trinajstić information content (AvgIpc) is 3.12. The highest BCUT2D eigenvalue weighted by Gasteiger charge is 2.50. The molecule has 3 atom stereocenters. The number of rotatable bonds is 9. The van der Waals surface area contributed by atoms with Gasteiger partial charge in [-0.25, -0.2) is 9.79 Å². The summed E-state index contributed by atoms with van der Waals surface area (Å²) in [5.74, 6) is -0.200. The topological polar surface area (TPSA) is 133 Å². The number of fused-ring (bicyclic) bond motifs is 1. The van der Waals surface area contributed by atoms with Crippen molar-refractivity contribution in [1.29, 1.82) is 0 Å². The maximum Gasteiger partial charge on any atom is 0.327 e. The van der Waals surface area contributed by atoms with E-state index in [1.165, 1.54) is 16.8 Å². The summed E-state index contributed by atoms with van der Waals surface area (Å²) in [5, 5.41) is 15.8. The number of imide groups is 1. The van der Waals surface area contributed by atoms with Gasteiger partial charge in [-0.1, -0.05) is 25.1 Å². The number of carbonyl (C=O) groups is 3. The van der Waals surface area contributed by atoms with Crippen LogP contribution in [0.4, 0.5) is 4.79 Å². The number of guanidine groups is 1. The van der Waals surface area contributed by atoms with Crippen LogP contribution in [0, 0.1) is 0 Å². The zero-order chi connectivity index (χ0) is 22.4. The molecule has 0 bridgehead atoms. The van der Waals surface area contributed by atoms with Gasteiger partial charge in [0.1, 0.15) is 31.2 Å². The van der Waals surface area contributed by atoms with Crippen LogP contribution in [0.3, 0.4) is 0 Å². The Hall–Kier alpha value is -3.34. The number of aliphatic hydroxyl groups excluding tert-OH is 1. The first-order valence-corrected chi connectivity index (χ1v) is 10.1. The van der Waals surface area contributed by atoms with E-state index in [4.69, 9.17) is 9.47 Å². The summed E-state index contributed by atoms with van der Waals surface area (Å²) < 4.78 is 10.6. The lowest BCUT2D eigenvalue weighted by atomic mass is 10.1. The molecular formula is C20H27N5O6. The Morgan fingerprint density at radius 3 is 2.74 bits per heavy atom. The van der Waals surface area contributed by atoms with Crippen molar-refractivity contribution >= 4 is 23.9 Å². The summed E-state index contributed by atoms with van der Waals surface area (Å²) in [6.07, 6.45) is -0.958. The van der Waals surface area contributed by atoms with E-state index in [1.54, 1.807) is 12.1 Å². The molecule has 1 aromatic carbocycles. The Balaban J connectivity index is 1.72. The molecule has 0 radical (unpaired) electrons. The van der Waals surface area contributed by atoms with Crippen molar-refractivity contribution in [3.63, 3.8) is 0 Å². The van der Waals surface area contributed by atoms with Gasteiger partial charge in [0.05, 0.1) is 13.2 Å². The van der Waals surface area contributed by atoms with Gasteiger partial charge in [0.25, 0.3) is 5.91 Å². The summed E-state index contributed by atoms with van der Waals surface area (Å²) in [5.41, 5.74) is 0. The molecule has 3 unspecified atom stereocenters. The summed E-state index contributed by atoms with van der Waals surface area (Å²) in [4.78, 5) is 43.5. The Morgan fingerprint density at radius 2 is 2.03 bits per heavy atom. The number of aliphatic hydroxyl groups is 1. The second-order valence-corrected chi connectivity index (χ2v) is 7.23. The fraction of sp³-hybridized carbons (Fsp3) is 0.500. The van der Waals surface area contributed by atoms with Crippen LogP contribution in [-0.2, 0) is 14.3 Å². The quantitative estimate of drug-likeness (QED) is 0.445. The molecule has 2 aliphatic rings. The molecule has 2 aliphatic heterocycles. The molecule has 0 spiro atoms. The van der Waals surface area contributed by atoms with Gasteiger partial charge < -0.3 is 29.7 Å². The van der Waals surface area contributed by atoms with Crippen molar-refractivity contribution in [3.05, 3.63) is 30.3 Å². The number of amides is 3. The number of urea groups is 1. The smallest absolute Gasteiger partial charge is 0.327 e. The number of hydrogen-bond acceptors (Lipinski definition) is 7. The zero-order valence-electron chi connectivity index (χ0n) is 17.5. The number of nitrogens with zero attached hydrogens (tertiary/aromatic N) is 3. The maximum atomic E-state index is 12.5. The SMILES string of the molecule is CCCOC(=O)CN=C1NC2C(C(=O)NC(=O)N2C)N1CC(O)COc1ccccc1. The molecule has 2 heterocycles. The predicted octanol–water partition coefficient (Wildman–Crippen LogP) is -0.483. The third-order valence-corrected chi connectivity index (χ3v) is 4.84. The van der Waals surface area contributed by atoms with Crippen molar-refractivity contribution in [3.8, 4) is 5.75 Å². The lowest BCUT2D eigenvalue weighted by Crippen LogP contribution is -2.65. The van der Waals surface area contributed by atoms with Gasteiger partial charge in [-0.2, -0.15) is 0 Å². The molecule has 31 heavy (non-hydrogen) atoms. The van der Waals surface area contributed by atoms with E-state index in [0.717, 1.165) is 0 Å². The molecule has 2 fully saturated rings. The standard InChI is InChI=1S/C20H27N5O6/c1-3-9-30-15(27)10-21-19-22-17-16(18(28)23-20(29)24(17)2)25(19)11-13(26)12-31-14-7-5-4-6-8-14/h4-8,13,16-17,26H,3,9-12H2,1-2H3,(H,21,22)(H,23,28,29). The average molecular weight is 433 g/mol. The Morgan fingerprint density at radius 1 is 1.29 bits per heavy atom. The molecule has 3 N–H and O–H groups in total. The van der Waals surface area contributed by atoms with Crippen LogP contribution < -0.4 is 15.4 Å². The van der Waals surface area contributed by atoms with Gasteiger partial charge in [-0.05, 0) is 18.6 Å². The van der Waals surface area contributed by atoms with Gasteiger partial charge in [0.15, 0.2) is 12.0 Å². The van der Waals surface area contributed by atoms with Crippen molar-refractivity contribution in [1.82, 2.24) is 20.4 Å². The molecule has 1 aromatic rings. The molecule has 11 heteroatoms. The minimum atomic E-state index is -0.964. The number of likely N-dealkylation sites (N-methyl/N-ethyl adjacent to an activating group) is 1. The van der Waals surface area contributed by atoms with E-state index in [1.807, 2.05) is 25.1 Å². The van der Waals surface area contributed by atoms with Crippen LogP contribution in [0.25, 0.3) is 0 Å². The number of nitrogens with one attached hydrogen (secondary N) is 2. The first-order chi connectivity index (χ1) is 14.9. The number of para-hydroxylation sites is 1. The fourth-order valence-corrected chi connectivity index (χ4v) is 3.31. The number of esters is 1. The largest absolute Gasteiger partial charge is 0.491 e. The third-order valence-electron chi connectivity index (χ3n) is 4.84. The molecule has 0 saturated carbocycles. The number of hydrogen-bond donors (Lipinski definition) is 3. The van der Waals surface area contributed by atoms with Crippen LogP contribution in [0.15, 0.2) is 35.3 Å². The van der Waals surface area contributed by atoms with E-state index < -0.39 is 36.2 Å². The molecule has 3 rings (SSSR count). The summed E-state index contributed by atoms with van der Waals surface area (Å²) in [7, 11) is 1.54. The first kappa shape index (κ1) is 22.3. The maximum absolute atomic E-state index is 12.5. The van der Waals surface area contributed by atoms with Crippen LogP contribution >= 0.6 is 0 Å². The van der Waals surface area contributed by atoms with Crippen LogP contribution in [0.2, 0.25) is 0 Å². The first-order valence-electron chi connectivity index (χ1n) is 10.1. The molecule has 2 saturated heterocycles. The third kappa shape index (κ3) is 5.43. The van der Waals surface area contributed by atoms with Gasteiger partial charge in [0.2, 0.25) is 0 Å². The molecule has 3 amide bonds. The van der Waals surface area contributed by atoms with Crippen molar-refractivity contribution in [2.24, 2.45) is 4.99 Å². The van der Waals surface area contributed by atoms with Gasteiger partial charge in [0, 0.05) is 7.05 Å². The van der Waals surface area contributed by atoms with Crippen LogP contribution in [-0.4, -0.2) is 90.4 Å². The van der Waals surface area contributed by atoms with Crippen molar-refractivity contribution in [2.75, 3.05) is 33.4 Å². The predicted molar refractivity (Wildman–Crippen MR) is 110 cm³/mol. The van der Waals surface area contributed by atoms with Crippen molar-refractivity contribution < 1.29 is 29.0 Å². The number of aliphatic imine (C=N–C) groups is 1. The summed E-state index contributed by atoms with van der Waals surface area (Å²) >= 11 is 0. The van der Waals surface area contributed by atoms with E-state index >= 15 is 0 Å². The number of carbonyl (C=O) groups excluding carboxylic acids is 3. The Bertz CT molecular complexity index is 833. The van der Waals surface area contributed by atoms with E-state index in [-0.39, 0.29) is 25.7 Å². The monoisotopic (exact) mass is 433 g/mol. The van der Waals surface area contributed by atoms with E-state index in [2.05, 4.69) is 15.6 Å². The highest BCUT2D eigenvalue weighted by atomic mass is 16.5. The molecule has 11 nitrogen and oxygen atoms in total. The normalized spacial score (nSPS) is 22.6. The molecule has 168 valence electrons. The minimum Gasteiger partial charge on any atom is -0.491 e. The summed E-state index contributed by atoms with van der Waals surface area (Å²) in [6.45, 7) is 1.91. The highest BCUT2D eigenvalue weighted by molar-refractivity contribution is 6.04. The Labute approximate surface area is 180 Å². The second kappa shape index (κ2) is 10.1. The number of benzene rings is 1. The van der Waals surface area contributed by atoms with E-state index in [0.29, 0.717) is 18.8 Å². The van der Waals surface area contributed by atoms with Crippen LogP contribution in [0.1, 0.15) is 13.3 Å². The van der Waals surface area contributed by atoms with E-state index in [9.17, 15) is 19.5 Å². The minimum absolute atomic E-state index is 0.000703. The second-order valence-electron chi connectivity index (χ2n) is 7.23. The summed E-state index contributed by atoms with van der Waals surface area (Å²) in [6, 6.07) is 7.66. The van der Waals surface area contributed by atoms with Crippen LogP contribution in [0.5, 0.6) is 5.75 Å². The van der Waals surface area contributed by atoms with Gasteiger partial charge in [-0.3, -0.25) is 14.9 Å². The molecular weight excluding hydrogens is 406 g/mol.